The molecule has 2 rings (SSSR count). The van der Waals surface area contributed by atoms with Gasteiger partial charge in [0.1, 0.15) is 5.69 Å². The number of hydrogen-bond acceptors (Lipinski definition) is 4. The number of aromatic amines is 1. The van der Waals surface area contributed by atoms with Crippen molar-refractivity contribution < 1.29 is 9.53 Å². The molecule has 0 fully saturated rings. The van der Waals surface area contributed by atoms with Gasteiger partial charge in [0.05, 0.1) is 17.6 Å². The molecule has 1 aromatic carbocycles. The van der Waals surface area contributed by atoms with E-state index in [-0.39, 0.29) is 0 Å². The van der Waals surface area contributed by atoms with Crippen molar-refractivity contribution in [2.75, 3.05) is 6.61 Å². The zero-order chi connectivity index (χ0) is 16.4. The molecule has 1 aromatic heterocycles. The number of rotatable bonds is 4. The molecular formula is C15H16Cl2N2O3. The number of nitrogens with one attached hydrogen (secondary N) is 1. The van der Waals surface area contributed by atoms with Gasteiger partial charge >= 0.3 is 5.97 Å². The van der Waals surface area contributed by atoms with Crippen molar-refractivity contribution in [1.29, 1.82) is 0 Å². The molecule has 5 nitrogen and oxygen atoms in total. The summed E-state index contributed by atoms with van der Waals surface area (Å²) < 4.78 is 5.19. The molecule has 22 heavy (non-hydrogen) atoms. The second-order valence-electron chi connectivity index (χ2n) is 4.99. The fourth-order valence-corrected chi connectivity index (χ4v) is 2.79. The highest BCUT2D eigenvalue weighted by Gasteiger charge is 2.21. The Balaban J connectivity index is 2.75. The molecule has 0 amide bonds. The van der Waals surface area contributed by atoms with Crippen LogP contribution in [0.5, 0.6) is 0 Å². The number of esters is 1. The molecule has 7 heteroatoms. The third kappa shape index (κ3) is 2.96. The Morgan fingerprint density at radius 2 is 2.09 bits per heavy atom. The van der Waals surface area contributed by atoms with Crippen LogP contribution in [0, 0.1) is 13.8 Å². The van der Waals surface area contributed by atoms with Crippen LogP contribution in [0.3, 0.4) is 0 Å². The van der Waals surface area contributed by atoms with Crippen LogP contribution in [0.15, 0.2) is 10.9 Å². The maximum absolute atomic E-state index is 12.2. The molecule has 0 saturated heterocycles. The molecule has 0 spiro atoms. The van der Waals surface area contributed by atoms with Crippen molar-refractivity contribution in [2.24, 2.45) is 0 Å². The van der Waals surface area contributed by atoms with Gasteiger partial charge in [-0.15, -0.1) is 0 Å². The molecule has 1 N–H and O–H groups in total. The normalized spacial score (nSPS) is 11.2. The number of fused-ring (bicyclic) bond motifs is 1. The molecule has 0 aliphatic heterocycles. The van der Waals surface area contributed by atoms with E-state index in [1.165, 1.54) is 0 Å². The number of alkyl halides is 2. The van der Waals surface area contributed by atoms with Gasteiger partial charge in [0.25, 0.3) is 5.56 Å². The van der Waals surface area contributed by atoms with Crippen molar-refractivity contribution in [2.45, 2.75) is 32.0 Å². The third-order valence-corrected chi connectivity index (χ3v) is 3.82. The van der Waals surface area contributed by atoms with Crippen molar-refractivity contribution in [3.63, 3.8) is 0 Å². The van der Waals surface area contributed by atoms with E-state index in [4.69, 9.17) is 27.9 Å². The van der Waals surface area contributed by atoms with Crippen molar-refractivity contribution in [3.8, 4) is 0 Å². The van der Waals surface area contributed by atoms with E-state index in [9.17, 15) is 9.59 Å². The summed E-state index contributed by atoms with van der Waals surface area (Å²) >= 11 is 11.8. The van der Waals surface area contributed by atoms with Crippen LogP contribution >= 0.6 is 23.2 Å². The number of carbonyl (C=O) groups is 1. The van der Waals surface area contributed by atoms with Crippen LogP contribution in [-0.4, -0.2) is 22.8 Å². The highest BCUT2D eigenvalue weighted by Crippen LogP contribution is 2.31. The number of aryl methyl sites for hydroxylation is 2. The van der Waals surface area contributed by atoms with E-state index in [1.807, 2.05) is 6.92 Å². The topological polar surface area (TPSA) is 72.0 Å². The van der Waals surface area contributed by atoms with Crippen molar-refractivity contribution >= 4 is 39.9 Å². The van der Waals surface area contributed by atoms with Gasteiger partial charge in [-0.3, -0.25) is 4.79 Å². The van der Waals surface area contributed by atoms with Crippen LogP contribution in [-0.2, 0) is 4.74 Å². The van der Waals surface area contributed by atoms with E-state index in [1.54, 1.807) is 19.9 Å². The molecule has 118 valence electrons. The van der Waals surface area contributed by atoms with E-state index in [0.717, 1.165) is 6.42 Å². The summed E-state index contributed by atoms with van der Waals surface area (Å²) in [5, 5.41) is 7.16. The number of halogens is 2. The molecular weight excluding hydrogens is 327 g/mol. The molecule has 2 aromatic rings. The number of hydrogen-bond donors (Lipinski definition) is 1. The lowest BCUT2D eigenvalue weighted by molar-refractivity contribution is 0.0503. The maximum Gasteiger partial charge on any atom is 0.338 e. The van der Waals surface area contributed by atoms with E-state index >= 15 is 0 Å². The molecule has 0 aliphatic carbocycles. The number of carbonyl (C=O) groups excluding carboxylic acids is 1. The first-order valence-corrected chi connectivity index (χ1v) is 7.73. The Morgan fingerprint density at radius 1 is 1.41 bits per heavy atom. The Hall–Kier alpha value is -1.59. The fraction of sp³-hybridized carbons (Fsp3) is 0.400. The summed E-state index contributed by atoms with van der Waals surface area (Å²) in [6.45, 7) is 5.72. The van der Waals surface area contributed by atoms with Gasteiger partial charge in [-0.1, -0.05) is 30.1 Å². The Labute approximate surface area is 137 Å². The first-order valence-electron chi connectivity index (χ1n) is 6.86. The first-order chi connectivity index (χ1) is 10.4. The van der Waals surface area contributed by atoms with Gasteiger partial charge in [-0.05, 0) is 37.5 Å². The SMILES string of the molecule is CCCOC(=O)c1c(C)cc2c(C(Cl)Cl)n[nH]c(=O)c2c1C. The third-order valence-electron chi connectivity index (χ3n) is 3.40. The largest absolute Gasteiger partial charge is 0.462 e. The second kappa shape index (κ2) is 6.67. The first kappa shape index (κ1) is 16.8. The summed E-state index contributed by atoms with van der Waals surface area (Å²) in [6.07, 6.45) is 0.728. The van der Waals surface area contributed by atoms with Gasteiger partial charge < -0.3 is 4.74 Å². The van der Waals surface area contributed by atoms with Crippen LogP contribution < -0.4 is 5.56 Å². The van der Waals surface area contributed by atoms with Gasteiger partial charge in [-0.2, -0.15) is 5.10 Å². The standard InChI is InChI=1S/C15H16Cl2N2O3/c1-4-5-22-15(21)10-7(2)6-9-11(8(10)3)14(20)19-18-12(9)13(16)17/h6,13H,4-5H2,1-3H3,(H,19,20). The number of ether oxygens (including phenoxy) is 1. The van der Waals surface area contributed by atoms with Crippen LogP contribution in [0.1, 0.15) is 45.4 Å². The fourth-order valence-electron chi connectivity index (χ4n) is 2.45. The molecule has 0 radical (unpaired) electrons. The minimum Gasteiger partial charge on any atom is -0.462 e. The predicted molar refractivity (Wildman–Crippen MR) is 86.9 cm³/mol. The average molecular weight is 343 g/mol. The molecule has 0 saturated carbocycles. The molecule has 1 heterocycles. The van der Waals surface area contributed by atoms with Crippen LogP contribution in [0.25, 0.3) is 10.8 Å². The zero-order valence-electron chi connectivity index (χ0n) is 12.5. The number of nitrogens with zero attached hydrogens (tertiary/aromatic N) is 1. The van der Waals surface area contributed by atoms with Gasteiger partial charge in [0.2, 0.25) is 0 Å². The summed E-state index contributed by atoms with van der Waals surface area (Å²) in [4.78, 5) is 23.5. The molecule has 0 aliphatic rings. The monoisotopic (exact) mass is 342 g/mol. The predicted octanol–water partition coefficient (Wildman–Crippen LogP) is 3.58. The van der Waals surface area contributed by atoms with E-state index in [2.05, 4.69) is 10.2 Å². The quantitative estimate of drug-likeness (QED) is 0.680. The summed E-state index contributed by atoms with van der Waals surface area (Å²) in [5.74, 6) is -0.440. The van der Waals surface area contributed by atoms with E-state index < -0.39 is 16.4 Å². The van der Waals surface area contributed by atoms with Gasteiger partial charge in [0, 0.05) is 5.39 Å². The molecule has 0 bridgehead atoms. The van der Waals surface area contributed by atoms with Crippen molar-refractivity contribution in [1.82, 2.24) is 10.2 Å². The number of benzene rings is 1. The number of aromatic nitrogens is 2. The van der Waals surface area contributed by atoms with Gasteiger partial charge in [-0.25, -0.2) is 9.89 Å². The minimum atomic E-state index is -0.879. The lowest BCUT2D eigenvalue weighted by Crippen LogP contribution is -2.16. The van der Waals surface area contributed by atoms with E-state index in [0.29, 0.717) is 39.8 Å². The lowest BCUT2D eigenvalue weighted by atomic mass is 9.96. The highest BCUT2D eigenvalue weighted by molar-refractivity contribution is 6.44. The summed E-state index contributed by atoms with van der Waals surface area (Å²) in [6, 6.07) is 1.69. The molecule has 0 atom stereocenters. The number of H-pyrrole nitrogens is 1. The van der Waals surface area contributed by atoms with Crippen molar-refractivity contribution in [3.05, 3.63) is 38.8 Å². The zero-order valence-corrected chi connectivity index (χ0v) is 14.0. The Bertz CT molecular complexity index is 784. The minimum absolute atomic E-state index is 0.332. The summed E-state index contributed by atoms with van der Waals surface area (Å²) in [7, 11) is 0. The second-order valence-corrected chi connectivity index (χ2v) is 6.09. The summed E-state index contributed by atoms with van der Waals surface area (Å²) in [5.41, 5.74) is 1.58. The van der Waals surface area contributed by atoms with Gasteiger partial charge in [0.15, 0.2) is 4.84 Å². The highest BCUT2D eigenvalue weighted by atomic mass is 35.5. The molecule has 0 unspecified atom stereocenters. The smallest absolute Gasteiger partial charge is 0.338 e. The van der Waals surface area contributed by atoms with Crippen LogP contribution in [0.4, 0.5) is 0 Å². The average Bonchev–Trinajstić information content (AvgIpc) is 2.44. The Morgan fingerprint density at radius 3 is 2.68 bits per heavy atom. The Kier molecular flexibility index (Phi) is 5.08. The lowest BCUT2D eigenvalue weighted by Gasteiger charge is -2.14. The maximum atomic E-state index is 12.2. The van der Waals surface area contributed by atoms with Crippen LogP contribution in [0.2, 0.25) is 0 Å².